The van der Waals surface area contributed by atoms with Crippen LogP contribution in [-0.2, 0) is 19.4 Å². The maximum atomic E-state index is 12.8. The van der Waals surface area contributed by atoms with Gasteiger partial charge in [-0.25, -0.2) is 4.18 Å². The van der Waals surface area contributed by atoms with Crippen LogP contribution in [0.15, 0.2) is 23.3 Å². The van der Waals surface area contributed by atoms with Gasteiger partial charge in [0.1, 0.15) is 0 Å². The van der Waals surface area contributed by atoms with E-state index in [0.29, 0.717) is 18.8 Å². The summed E-state index contributed by atoms with van der Waals surface area (Å²) >= 11 is 0. The Labute approximate surface area is 223 Å². The molecule has 5 rings (SSSR count). The van der Waals surface area contributed by atoms with Crippen molar-refractivity contribution in [3.8, 4) is 0 Å². The molecule has 0 bridgehead atoms. The second-order valence-electron chi connectivity index (χ2n) is 15.2. The van der Waals surface area contributed by atoms with Crippen LogP contribution in [-0.4, -0.2) is 30.2 Å². The lowest BCUT2D eigenvalue weighted by Gasteiger charge is -2.69. The molecule has 5 aliphatic carbocycles. The third-order valence-corrected chi connectivity index (χ3v) is 13.1. The van der Waals surface area contributed by atoms with Crippen LogP contribution < -0.4 is 0 Å². The lowest BCUT2D eigenvalue weighted by molar-refractivity contribution is -0.179. The average molecular weight is 535 g/mol. The van der Waals surface area contributed by atoms with Crippen molar-refractivity contribution in [2.24, 2.45) is 44.3 Å². The Morgan fingerprint density at radius 2 is 1.59 bits per heavy atom. The molecule has 0 aromatic rings. The first-order valence-electron chi connectivity index (χ1n) is 14.1. The lowest BCUT2D eigenvalue weighted by atomic mass is 9.35. The molecule has 5 aliphatic rings. The summed E-state index contributed by atoms with van der Waals surface area (Å²) in [4.78, 5) is 12.8. The molecule has 7 atom stereocenters. The number of allylic oxidation sites excluding steroid dienone is 3. The number of hydrogen-bond donors (Lipinski definition) is 2. The van der Waals surface area contributed by atoms with Crippen LogP contribution in [0, 0.1) is 44.3 Å². The van der Waals surface area contributed by atoms with Crippen LogP contribution >= 0.6 is 0 Å². The zero-order valence-electron chi connectivity index (χ0n) is 23.7. The topological polar surface area (TPSA) is 101 Å². The van der Waals surface area contributed by atoms with E-state index in [-0.39, 0.29) is 27.6 Å². The molecule has 0 heterocycles. The molecular weight excluding hydrogens is 488 g/mol. The van der Waals surface area contributed by atoms with E-state index in [1.165, 1.54) is 11.1 Å². The highest BCUT2D eigenvalue weighted by molar-refractivity contribution is 7.80. The number of hydrogen-bond acceptors (Lipinski definition) is 4. The standard InChI is InChI=1S/C30H46O6S/c1-25(2)14-16-30(24(31)32)17-15-28(6)19(20(30)18-25)8-9-22-27(5)12-11-23(36-37(33,34)35)26(3,4)21(27)10-13-29(22,28)7/h8-9,21-23H,10-18H2,1-7H3,(H,31,32)(H,33,34,35)/t21-,22+,23-,27-,28+,29+,30-/m0/s1. The van der Waals surface area contributed by atoms with Gasteiger partial charge in [-0.2, -0.15) is 8.42 Å². The van der Waals surface area contributed by atoms with Crippen LogP contribution in [0.3, 0.4) is 0 Å². The predicted octanol–water partition coefficient (Wildman–Crippen LogP) is 6.98. The Morgan fingerprint density at radius 3 is 2.22 bits per heavy atom. The molecule has 208 valence electrons. The zero-order chi connectivity index (χ0) is 27.4. The Hall–Kier alpha value is -1.18. The van der Waals surface area contributed by atoms with Gasteiger partial charge in [0.15, 0.2) is 0 Å². The second kappa shape index (κ2) is 7.94. The summed E-state index contributed by atoms with van der Waals surface area (Å²) in [5.74, 6) is -0.105. The molecular formula is C30H46O6S. The number of aliphatic carboxylic acids is 1. The molecule has 3 saturated carbocycles. The van der Waals surface area contributed by atoms with Gasteiger partial charge in [-0.1, -0.05) is 60.6 Å². The number of carbonyl (C=O) groups is 1. The van der Waals surface area contributed by atoms with Gasteiger partial charge in [-0.05, 0) is 108 Å². The summed E-state index contributed by atoms with van der Waals surface area (Å²) in [7, 11) is -4.52. The fraction of sp³-hybridized carbons (Fsp3) is 0.833. The van der Waals surface area contributed by atoms with E-state index in [1.54, 1.807) is 0 Å². The minimum Gasteiger partial charge on any atom is -0.481 e. The Morgan fingerprint density at radius 1 is 0.946 bits per heavy atom. The van der Waals surface area contributed by atoms with Crippen LogP contribution in [0.4, 0.5) is 0 Å². The van der Waals surface area contributed by atoms with E-state index in [0.717, 1.165) is 44.9 Å². The molecule has 0 spiro atoms. The van der Waals surface area contributed by atoms with E-state index in [4.69, 9.17) is 4.18 Å². The van der Waals surface area contributed by atoms with Crippen molar-refractivity contribution < 1.29 is 27.1 Å². The summed E-state index contributed by atoms with van der Waals surface area (Å²) in [6.45, 7) is 16.0. The summed E-state index contributed by atoms with van der Waals surface area (Å²) in [5, 5.41) is 10.5. The molecule has 2 N–H and O–H groups in total. The van der Waals surface area contributed by atoms with Gasteiger partial charge in [-0.15, -0.1) is 0 Å². The van der Waals surface area contributed by atoms with E-state index in [2.05, 4.69) is 60.6 Å². The van der Waals surface area contributed by atoms with Gasteiger partial charge >= 0.3 is 16.4 Å². The van der Waals surface area contributed by atoms with Crippen molar-refractivity contribution >= 4 is 16.4 Å². The maximum absolute atomic E-state index is 12.8. The Bertz CT molecular complexity index is 1180. The van der Waals surface area contributed by atoms with Gasteiger partial charge in [0.2, 0.25) is 0 Å². The Kier molecular flexibility index (Phi) is 5.88. The molecule has 0 amide bonds. The van der Waals surface area contributed by atoms with Crippen molar-refractivity contribution in [3.05, 3.63) is 23.3 Å². The van der Waals surface area contributed by atoms with Gasteiger partial charge < -0.3 is 5.11 Å². The molecule has 0 saturated heterocycles. The van der Waals surface area contributed by atoms with Crippen LogP contribution in [0.2, 0.25) is 0 Å². The molecule has 0 aromatic heterocycles. The van der Waals surface area contributed by atoms with E-state index in [9.17, 15) is 22.9 Å². The van der Waals surface area contributed by atoms with Crippen molar-refractivity contribution in [1.82, 2.24) is 0 Å². The highest BCUT2D eigenvalue weighted by atomic mass is 32.3. The number of carboxylic acid groups (broad SMARTS) is 1. The first kappa shape index (κ1) is 27.4. The third-order valence-electron chi connectivity index (χ3n) is 12.6. The second-order valence-corrected chi connectivity index (χ2v) is 16.2. The van der Waals surface area contributed by atoms with Crippen LogP contribution in [0.1, 0.15) is 106 Å². The molecule has 37 heavy (non-hydrogen) atoms. The SMILES string of the molecule is CC1(C)CC[C@]2(C(=O)O)CC[C@]3(C)C(=C2C1)C=C[C@@H]1[C@@]2(C)CC[C@H](OS(=O)(=O)O)C(C)(C)[C@@H]2CC[C@]13C. The molecule has 6 nitrogen and oxygen atoms in total. The molecule has 3 fully saturated rings. The van der Waals surface area contributed by atoms with Crippen molar-refractivity contribution in [2.75, 3.05) is 0 Å². The fourth-order valence-corrected chi connectivity index (χ4v) is 10.9. The monoisotopic (exact) mass is 534 g/mol. The normalized spacial score (nSPS) is 46.3. The summed E-state index contributed by atoms with van der Waals surface area (Å²) in [6.07, 6.45) is 11.6. The van der Waals surface area contributed by atoms with E-state index >= 15 is 0 Å². The quantitative estimate of drug-likeness (QED) is 0.379. The minimum atomic E-state index is -4.52. The molecule has 0 aromatic carbocycles. The maximum Gasteiger partial charge on any atom is 0.397 e. The smallest absolute Gasteiger partial charge is 0.397 e. The fourth-order valence-electron chi connectivity index (χ4n) is 10.2. The Balaban J connectivity index is 1.61. The van der Waals surface area contributed by atoms with E-state index in [1.807, 2.05) is 0 Å². The largest absolute Gasteiger partial charge is 0.481 e. The van der Waals surface area contributed by atoms with Gasteiger partial charge in [-0.3, -0.25) is 9.35 Å². The third kappa shape index (κ3) is 3.69. The summed E-state index contributed by atoms with van der Waals surface area (Å²) in [6, 6.07) is 0. The number of fused-ring (bicyclic) bond motifs is 6. The van der Waals surface area contributed by atoms with Crippen LogP contribution in [0.5, 0.6) is 0 Å². The highest BCUT2D eigenvalue weighted by Gasteiger charge is 2.67. The molecule has 0 unspecified atom stereocenters. The molecule has 0 aliphatic heterocycles. The number of rotatable bonds is 3. The summed E-state index contributed by atoms with van der Waals surface area (Å²) in [5.41, 5.74) is 1.27. The zero-order valence-corrected chi connectivity index (χ0v) is 24.5. The lowest BCUT2D eigenvalue weighted by Crippen LogP contribution is -2.63. The van der Waals surface area contributed by atoms with Crippen LogP contribution in [0.25, 0.3) is 0 Å². The first-order valence-corrected chi connectivity index (χ1v) is 15.5. The van der Waals surface area contributed by atoms with Crippen molar-refractivity contribution in [2.45, 2.75) is 112 Å². The van der Waals surface area contributed by atoms with Gasteiger partial charge in [0, 0.05) is 0 Å². The van der Waals surface area contributed by atoms with E-state index < -0.39 is 33.3 Å². The first-order chi connectivity index (χ1) is 16.8. The highest BCUT2D eigenvalue weighted by Crippen LogP contribution is 2.74. The molecule has 0 radical (unpaired) electrons. The van der Waals surface area contributed by atoms with Gasteiger partial charge in [0.25, 0.3) is 0 Å². The van der Waals surface area contributed by atoms with Crippen molar-refractivity contribution in [3.63, 3.8) is 0 Å². The average Bonchev–Trinajstić information content (AvgIpc) is 2.75. The summed E-state index contributed by atoms with van der Waals surface area (Å²) < 4.78 is 37.9. The minimum absolute atomic E-state index is 0.0194. The number of carboxylic acids is 1. The van der Waals surface area contributed by atoms with Crippen molar-refractivity contribution in [1.29, 1.82) is 0 Å². The van der Waals surface area contributed by atoms with Gasteiger partial charge in [0.05, 0.1) is 11.5 Å². The predicted molar refractivity (Wildman–Crippen MR) is 143 cm³/mol. The molecule has 7 heteroatoms.